The number of aliphatic imine (C=N–C) groups is 1. The summed E-state index contributed by atoms with van der Waals surface area (Å²) in [4.78, 5) is 15.9. The third kappa shape index (κ3) is 2.67. The van der Waals surface area contributed by atoms with E-state index in [0.717, 1.165) is 33.8 Å². The molecule has 1 fully saturated rings. The first-order valence-corrected chi connectivity index (χ1v) is 7.27. The van der Waals surface area contributed by atoms with Crippen LogP contribution < -0.4 is 10.1 Å². The lowest BCUT2D eigenvalue weighted by Gasteiger charge is -2.05. The van der Waals surface area contributed by atoms with E-state index in [9.17, 15) is 4.79 Å². The highest BCUT2D eigenvalue weighted by molar-refractivity contribution is 8.18. The van der Waals surface area contributed by atoms with Crippen LogP contribution in [0.1, 0.15) is 5.56 Å². The number of benzene rings is 2. The molecule has 2 aromatic carbocycles. The first kappa shape index (κ1) is 14.2. The molecule has 0 radical (unpaired) electrons. The van der Waals surface area contributed by atoms with E-state index in [2.05, 4.69) is 10.3 Å². The van der Waals surface area contributed by atoms with Crippen LogP contribution in [0.4, 0.5) is 0 Å². The first-order valence-electron chi connectivity index (χ1n) is 6.45. The van der Waals surface area contributed by atoms with Gasteiger partial charge in [0.2, 0.25) is 6.19 Å². The monoisotopic (exact) mass is 309 g/mol. The molecule has 6 heteroatoms. The molecule has 1 heterocycles. The largest absolute Gasteiger partial charge is 0.497 e. The molecule has 1 aliphatic heterocycles. The number of amidine groups is 1. The molecule has 1 aliphatic rings. The maximum atomic E-state index is 11.9. The minimum absolute atomic E-state index is 0.246. The molecule has 0 saturated carbocycles. The number of rotatable bonds is 2. The molecule has 0 bridgehead atoms. The zero-order chi connectivity index (χ0) is 15.5. The van der Waals surface area contributed by atoms with Gasteiger partial charge in [-0.3, -0.25) is 10.1 Å². The molecule has 0 aliphatic carbocycles. The van der Waals surface area contributed by atoms with Crippen LogP contribution in [-0.4, -0.2) is 18.2 Å². The van der Waals surface area contributed by atoms with E-state index in [4.69, 9.17) is 10.00 Å². The number of hydrogen-bond donors (Lipinski definition) is 1. The molecular weight excluding hydrogens is 298 g/mol. The number of nitriles is 1. The first-order chi connectivity index (χ1) is 10.7. The summed E-state index contributed by atoms with van der Waals surface area (Å²) in [7, 11) is 1.63. The van der Waals surface area contributed by atoms with Crippen molar-refractivity contribution in [1.82, 2.24) is 5.32 Å². The molecule has 0 atom stereocenters. The van der Waals surface area contributed by atoms with Crippen LogP contribution in [0.5, 0.6) is 5.75 Å². The topological polar surface area (TPSA) is 74.5 Å². The zero-order valence-electron chi connectivity index (χ0n) is 11.7. The fraction of sp³-hybridized carbons (Fsp3) is 0.0625. The van der Waals surface area contributed by atoms with Gasteiger partial charge in [0.15, 0.2) is 5.17 Å². The van der Waals surface area contributed by atoms with Crippen LogP contribution in [0.25, 0.3) is 16.8 Å². The second-order valence-electron chi connectivity index (χ2n) is 4.52. The summed E-state index contributed by atoms with van der Waals surface area (Å²) in [6.45, 7) is 0. The summed E-state index contributed by atoms with van der Waals surface area (Å²) in [5.74, 6) is 0.540. The lowest BCUT2D eigenvalue weighted by molar-refractivity contribution is -0.115. The van der Waals surface area contributed by atoms with Gasteiger partial charge >= 0.3 is 0 Å². The maximum Gasteiger partial charge on any atom is 0.264 e. The van der Waals surface area contributed by atoms with E-state index in [-0.39, 0.29) is 5.91 Å². The molecule has 108 valence electrons. The number of thioether (sulfide) groups is 1. The number of nitrogens with one attached hydrogen (secondary N) is 1. The standard InChI is InChI=1S/C16H11N3O2S/c1-21-12-5-6-13-10(7-12)3-2-4-11(13)8-14-15(20)19-16(22-14)18-9-17/h2-8H,1H3,(H,18,19,20). The highest BCUT2D eigenvalue weighted by Gasteiger charge is 2.23. The Bertz CT molecular complexity index is 865. The molecule has 0 aromatic heterocycles. The molecule has 22 heavy (non-hydrogen) atoms. The predicted octanol–water partition coefficient (Wildman–Crippen LogP) is 2.89. The minimum atomic E-state index is -0.246. The van der Waals surface area contributed by atoms with E-state index in [1.165, 1.54) is 0 Å². The fourth-order valence-electron chi connectivity index (χ4n) is 2.21. The lowest BCUT2D eigenvalue weighted by atomic mass is 10.0. The van der Waals surface area contributed by atoms with Crippen molar-refractivity contribution in [1.29, 1.82) is 5.26 Å². The number of carbonyl (C=O) groups excluding carboxylic acids is 1. The van der Waals surface area contributed by atoms with Gasteiger partial charge < -0.3 is 4.74 Å². The SMILES string of the molecule is COc1ccc2c(C=C3SC(=NC#N)NC3=O)cccc2c1. The second-order valence-corrected chi connectivity index (χ2v) is 5.55. The fourth-order valence-corrected chi connectivity index (χ4v) is 2.97. The highest BCUT2D eigenvalue weighted by atomic mass is 32.2. The van der Waals surface area contributed by atoms with E-state index >= 15 is 0 Å². The summed E-state index contributed by atoms with van der Waals surface area (Å²) in [5.41, 5.74) is 0.927. The predicted molar refractivity (Wildman–Crippen MR) is 87.3 cm³/mol. The molecule has 1 N–H and O–H groups in total. The van der Waals surface area contributed by atoms with Crippen molar-refractivity contribution in [2.45, 2.75) is 0 Å². The molecule has 0 spiro atoms. The summed E-state index contributed by atoms with van der Waals surface area (Å²) in [5, 5.41) is 13.5. The minimum Gasteiger partial charge on any atom is -0.497 e. The van der Waals surface area contributed by atoms with E-state index < -0.39 is 0 Å². The van der Waals surface area contributed by atoms with Crippen molar-refractivity contribution in [3.8, 4) is 11.9 Å². The summed E-state index contributed by atoms with van der Waals surface area (Å²) >= 11 is 1.16. The second kappa shape index (κ2) is 5.92. The molecule has 3 rings (SSSR count). The third-order valence-corrected chi connectivity index (χ3v) is 4.12. The Morgan fingerprint density at radius 1 is 1.36 bits per heavy atom. The zero-order valence-corrected chi connectivity index (χ0v) is 12.5. The summed E-state index contributed by atoms with van der Waals surface area (Å²) in [6, 6.07) is 11.6. The number of hydrogen-bond acceptors (Lipinski definition) is 5. The number of amides is 1. The Labute approximate surface area is 131 Å². The molecule has 1 saturated heterocycles. The van der Waals surface area contributed by atoms with Gasteiger partial charge in [-0.2, -0.15) is 5.26 Å². The molecule has 2 aromatic rings. The van der Waals surface area contributed by atoms with Gasteiger partial charge in [-0.05, 0) is 46.3 Å². The smallest absolute Gasteiger partial charge is 0.264 e. The van der Waals surface area contributed by atoms with Crippen LogP contribution in [0, 0.1) is 11.5 Å². The van der Waals surface area contributed by atoms with Gasteiger partial charge in [0.05, 0.1) is 12.0 Å². The molecular formula is C16H11N3O2S. The number of nitrogens with zero attached hydrogens (tertiary/aromatic N) is 2. The lowest BCUT2D eigenvalue weighted by Crippen LogP contribution is -2.19. The van der Waals surface area contributed by atoms with Gasteiger partial charge in [-0.1, -0.05) is 24.3 Å². The Kier molecular flexibility index (Phi) is 3.81. The van der Waals surface area contributed by atoms with Gasteiger partial charge in [-0.25, -0.2) is 0 Å². The van der Waals surface area contributed by atoms with Crippen molar-refractivity contribution in [3.63, 3.8) is 0 Å². The van der Waals surface area contributed by atoms with Crippen LogP contribution in [-0.2, 0) is 4.79 Å². The Morgan fingerprint density at radius 2 is 2.23 bits per heavy atom. The quantitative estimate of drug-likeness (QED) is 0.684. The van der Waals surface area contributed by atoms with E-state index in [0.29, 0.717) is 10.1 Å². The van der Waals surface area contributed by atoms with Crippen molar-refractivity contribution >= 4 is 39.7 Å². The van der Waals surface area contributed by atoms with Crippen LogP contribution >= 0.6 is 11.8 Å². The van der Waals surface area contributed by atoms with Crippen molar-refractivity contribution < 1.29 is 9.53 Å². The Hall–Kier alpha value is -2.78. The van der Waals surface area contributed by atoms with Gasteiger partial charge in [-0.15, -0.1) is 4.99 Å². The normalized spacial score (nSPS) is 17.7. The number of carbonyl (C=O) groups is 1. The molecule has 0 unspecified atom stereocenters. The van der Waals surface area contributed by atoms with Crippen molar-refractivity contribution in [3.05, 3.63) is 46.9 Å². The number of ether oxygens (including phenoxy) is 1. The van der Waals surface area contributed by atoms with E-state index in [1.54, 1.807) is 19.4 Å². The van der Waals surface area contributed by atoms with Crippen molar-refractivity contribution in [2.24, 2.45) is 4.99 Å². The average molecular weight is 309 g/mol. The van der Waals surface area contributed by atoms with Crippen molar-refractivity contribution in [2.75, 3.05) is 7.11 Å². The molecule has 5 nitrogen and oxygen atoms in total. The van der Waals surface area contributed by atoms with Gasteiger partial charge in [0.1, 0.15) is 5.75 Å². The Morgan fingerprint density at radius 3 is 3.00 bits per heavy atom. The highest BCUT2D eigenvalue weighted by Crippen LogP contribution is 2.30. The average Bonchev–Trinajstić information content (AvgIpc) is 2.87. The van der Waals surface area contributed by atoms with E-state index in [1.807, 2.05) is 36.4 Å². The summed E-state index contributed by atoms with van der Waals surface area (Å²) in [6.07, 6.45) is 3.47. The van der Waals surface area contributed by atoms with Crippen LogP contribution in [0.3, 0.4) is 0 Å². The Balaban J connectivity index is 2.04. The van der Waals surface area contributed by atoms with Gasteiger partial charge in [0, 0.05) is 0 Å². The number of fused-ring (bicyclic) bond motifs is 1. The van der Waals surface area contributed by atoms with Crippen LogP contribution in [0.2, 0.25) is 0 Å². The third-order valence-electron chi connectivity index (χ3n) is 3.21. The van der Waals surface area contributed by atoms with Crippen LogP contribution in [0.15, 0.2) is 46.3 Å². The van der Waals surface area contributed by atoms with Gasteiger partial charge in [0.25, 0.3) is 5.91 Å². The summed E-state index contributed by atoms with van der Waals surface area (Å²) < 4.78 is 5.22. The maximum absolute atomic E-state index is 11.9. The number of methoxy groups -OCH3 is 1. The molecule has 1 amide bonds.